The molecule has 7 nitrogen and oxygen atoms in total. The maximum Gasteiger partial charge on any atom is 0.285 e. The van der Waals surface area contributed by atoms with Crippen LogP contribution in [0.25, 0.3) is 6.08 Å². The van der Waals surface area contributed by atoms with Gasteiger partial charge in [-0.15, -0.1) is 0 Å². The average Bonchev–Trinajstić information content (AvgIpc) is 3.02. The van der Waals surface area contributed by atoms with E-state index in [9.17, 15) is 19.7 Å². The number of amides is 2. The molecule has 0 atom stereocenters. The summed E-state index contributed by atoms with van der Waals surface area (Å²) in [6.07, 6.45) is 1.77. The van der Waals surface area contributed by atoms with Gasteiger partial charge in [0, 0.05) is 17.8 Å². The van der Waals surface area contributed by atoms with Gasteiger partial charge in [0.15, 0.2) is 0 Å². The van der Waals surface area contributed by atoms with Gasteiger partial charge in [-0.25, -0.2) is 0 Å². The van der Waals surface area contributed by atoms with Crippen LogP contribution >= 0.6 is 23.5 Å². The van der Waals surface area contributed by atoms with Crippen LogP contribution in [0.4, 0.5) is 11.4 Å². The van der Waals surface area contributed by atoms with E-state index >= 15 is 0 Å². The fourth-order valence-corrected chi connectivity index (χ4v) is 4.17. The Balaban J connectivity index is 1.55. The molecule has 9 heteroatoms. The van der Waals surface area contributed by atoms with Gasteiger partial charge in [0.25, 0.3) is 11.6 Å². The number of hydrogen-bond donors (Lipinski definition) is 1. The number of aryl methyl sites for hydroxylation is 1. The van der Waals surface area contributed by atoms with E-state index in [1.165, 1.54) is 41.7 Å². The van der Waals surface area contributed by atoms with Crippen molar-refractivity contribution >= 4 is 57.2 Å². The van der Waals surface area contributed by atoms with Gasteiger partial charge in [-0.1, -0.05) is 53.9 Å². The lowest BCUT2D eigenvalue weighted by atomic mass is 10.2. The van der Waals surface area contributed by atoms with Crippen LogP contribution in [-0.4, -0.2) is 26.9 Å². The summed E-state index contributed by atoms with van der Waals surface area (Å²) in [4.78, 5) is 39.0. The SMILES string of the molecule is Cc1cc([N+](=O)[O-])ccc1NC(=O)CSC1=NC(=O)/C(=C\c2ccccc2)S1. The van der Waals surface area contributed by atoms with Crippen molar-refractivity contribution in [3.63, 3.8) is 0 Å². The maximum atomic E-state index is 12.2. The first-order valence-corrected chi connectivity index (χ1v) is 9.98. The number of anilines is 1. The molecule has 0 unspecified atom stereocenters. The van der Waals surface area contributed by atoms with Gasteiger partial charge in [0.2, 0.25) is 5.91 Å². The Kier molecular flexibility index (Phi) is 6.27. The number of non-ortho nitro benzene ring substituents is 1. The van der Waals surface area contributed by atoms with E-state index in [-0.39, 0.29) is 23.3 Å². The summed E-state index contributed by atoms with van der Waals surface area (Å²) in [7, 11) is 0. The molecule has 1 N–H and O–H groups in total. The Labute approximate surface area is 169 Å². The lowest BCUT2D eigenvalue weighted by molar-refractivity contribution is -0.384. The Morgan fingerprint density at radius 1 is 1.29 bits per heavy atom. The van der Waals surface area contributed by atoms with E-state index in [0.717, 1.165) is 5.56 Å². The quantitative estimate of drug-likeness (QED) is 0.447. The van der Waals surface area contributed by atoms with Crippen LogP contribution < -0.4 is 5.32 Å². The monoisotopic (exact) mass is 413 g/mol. The summed E-state index contributed by atoms with van der Waals surface area (Å²) in [5.74, 6) is -0.519. The number of nitro benzene ring substituents is 1. The Hall–Kier alpha value is -2.91. The van der Waals surface area contributed by atoms with Crippen LogP contribution in [0.5, 0.6) is 0 Å². The van der Waals surface area contributed by atoms with Gasteiger partial charge in [0.1, 0.15) is 4.38 Å². The highest BCUT2D eigenvalue weighted by Gasteiger charge is 2.23. The molecule has 0 aromatic heterocycles. The van der Waals surface area contributed by atoms with Gasteiger partial charge in [-0.2, -0.15) is 4.99 Å². The number of nitrogens with zero attached hydrogens (tertiary/aromatic N) is 2. The van der Waals surface area contributed by atoms with Gasteiger partial charge >= 0.3 is 0 Å². The van der Waals surface area contributed by atoms with Crippen molar-refractivity contribution in [2.24, 2.45) is 4.99 Å². The number of rotatable bonds is 5. The highest BCUT2D eigenvalue weighted by atomic mass is 32.2. The van der Waals surface area contributed by atoms with Crippen molar-refractivity contribution in [1.82, 2.24) is 0 Å². The van der Waals surface area contributed by atoms with Gasteiger partial charge in [-0.05, 0) is 30.2 Å². The van der Waals surface area contributed by atoms with Gasteiger partial charge in [0.05, 0.1) is 15.6 Å². The second-order valence-electron chi connectivity index (χ2n) is 5.80. The Bertz CT molecular complexity index is 1000. The molecule has 2 aromatic rings. The van der Waals surface area contributed by atoms with Crippen LogP contribution in [-0.2, 0) is 9.59 Å². The fraction of sp³-hybridized carbons (Fsp3) is 0.105. The fourth-order valence-electron chi connectivity index (χ4n) is 2.37. The van der Waals surface area contributed by atoms with Gasteiger partial charge in [-0.3, -0.25) is 19.7 Å². The largest absolute Gasteiger partial charge is 0.325 e. The predicted molar refractivity (Wildman–Crippen MR) is 113 cm³/mol. The molecule has 0 fully saturated rings. The predicted octanol–water partition coefficient (Wildman–Crippen LogP) is 4.25. The van der Waals surface area contributed by atoms with E-state index in [0.29, 0.717) is 20.5 Å². The van der Waals surface area contributed by atoms with E-state index in [1.54, 1.807) is 13.0 Å². The minimum atomic E-state index is -0.485. The van der Waals surface area contributed by atoms with Gasteiger partial charge < -0.3 is 5.32 Å². The van der Waals surface area contributed by atoms with E-state index in [2.05, 4.69) is 10.3 Å². The number of carbonyl (C=O) groups is 2. The highest BCUT2D eigenvalue weighted by molar-refractivity contribution is 8.41. The lowest BCUT2D eigenvalue weighted by Crippen LogP contribution is -2.15. The number of nitro groups is 1. The lowest BCUT2D eigenvalue weighted by Gasteiger charge is -2.07. The summed E-state index contributed by atoms with van der Waals surface area (Å²) >= 11 is 2.41. The topological polar surface area (TPSA) is 102 Å². The molecule has 142 valence electrons. The molecule has 0 bridgehead atoms. The molecule has 0 saturated carbocycles. The molecule has 28 heavy (non-hydrogen) atoms. The minimum Gasteiger partial charge on any atom is -0.325 e. The van der Waals surface area contributed by atoms with E-state index < -0.39 is 4.92 Å². The van der Waals surface area contributed by atoms with Crippen LogP contribution in [0.1, 0.15) is 11.1 Å². The van der Waals surface area contributed by atoms with Crippen molar-refractivity contribution in [2.45, 2.75) is 6.92 Å². The van der Waals surface area contributed by atoms with E-state index in [4.69, 9.17) is 0 Å². The van der Waals surface area contributed by atoms with Crippen molar-refractivity contribution in [1.29, 1.82) is 0 Å². The zero-order chi connectivity index (χ0) is 20.1. The second-order valence-corrected chi connectivity index (χ2v) is 8.05. The molecule has 0 spiro atoms. The number of thioether (sulfide) groups is 2. The second kappa shape index (κ2) is 8.85. The van der Waals surface area contributed by atoms with E-state index in [1.807, 2.05) is 30.3 Å². The molecular weight excluding hydrogens is 398 g/mol. The first-order chi connectivity index (χ1) is 13.4. The summed E-state index contributed by atoms with van der Waals surface area (Å²) in [6, 6.07) is 13.7. The van der Waals surface area contributed by atoms with Crippen molar-refractivity contribution < 1.29 is 14.5 Å². The number of aliphatic imine (C=N–C) groups is 1. The molecule has 1 heterocycles. The third-order valence-corrected chi connectivity index (χ3v) is 5.85. The molecule has 1 aliphatic rings. The smallest absolute Gasteiger partial charge is 0.285 e. The maximum absolute atomic E-state index is 12.2. The number of benzene rings is 2. The molecule has 0 radical (unpaired) electrons. The van der Waals surface area contributed by atoms with Crippen molar-refractivity contribution in [3.8, 4) is 0 Å². The van der Waals surface area contributed by atoms with Crippen LogP contribution in [0.3, 0.4) is 0 Å². The third kappa shape index (κ3) is 5.08. The summed E-state index contributed by atoms with van der Waals surface area (Å²) in [6.45, 7) is 1.69. The molecule has 0 aliphatic carbocycles. The summed E-state index contributed by atoms with van der Waals surface area (Å²) in [5.41, 5.74) is 1.99. The molecule has 3 rings (SSSR count). The average molecular weight is 413 g/mol. The standard InChI is InChI=1S/C19H15N3O4S2/c1-12-9-14(22(25)26)7-8-15(12)20-17(23)11-27-19-21-18(24)16(28-19)10-13-5-3-2-4-6-13/h2-10H,11H2,1H3,(H,20,23)/b16-10+. The Morgan fingerprint density at radius 3 is 2.71 bits per heavy atom. The first kappa shape index (κ1) is 19.8. The van der Waals surface area contributed by atoms with Crippen LogP contribution in [0.2, 0.25) is 0 Å². The summed E-state index contributed by atoms with van der Waals surface area (Å²) in [5, 5.41) is 13.5. The first-order valence-electron chi connectivity index (χ1n) is 8.17. The molecule has 0 saturated heterocycles. The van der Waals surface area contributed by atoms with Crippen LogP contribution in [0.15, 0.2) is 58.4 Å². The molecule has 1 aliphatic heterocycles. The third-order valence-electron chi connectivity index (χ3n) is 3.72. The summed E-state index contributed by atoms with van der Waals surface area (Å²) < 4.78 is 0.516. The zero-order valence-corrected chi connectivity index (χ0v) is 16.4. The van der Waals surface area contributed by atoms with Crippen molar-refractivity contribution in [2.75, 3.05) is 11.1 Å². The van der Waals surface area contributed by atoms with Crippen molar-refractivity contribution in [3.05, 3.63) is 74.7 Å². The minimum absolute atomic E-state index is 0.0298. The normalized spacial score (nSPS) is 14.8. The molecule has 2 amide bonds. The molecular formula is C19H15N3O4S2. The number of nitrogens with one attached hydrogen (secondary N) is 1. The Morgan fingerprint density at radius 2 is 2.04 bits per heavy atom. The molecule has 2 aromatic carbocycles. The zero-order valence-electron chi connectivity index (χ0n) is 14.7. The van der Waals surface area contributed by atoms with Crippen LogP contribution in [0, 0.1) is 17.0 Å². The number of hydrogen-bond acceptors (Lipinski definition) is 6. The highest BCUT2D eigenvalue weighted by Crippen LogP contribution is 2.33. The number of carbonyl (C=O) groups excluding carboxylic acids is 2.